The van der Waals surface area contributed by atoms with Gasteiger partial charge in [0.1, 0.15) is 11.0 Å². The van der Waals surface area contributed by atoms with Crippen molar-refractivity contribution in [3.8, 4) is 5.82 Å². The second-order valence-electron chi connectivity index (χ2n) is 4.21. The van der Waals surface area contributed by atoms with Gasteiger partial charge in [-0.1, -0.05) is 17.3 Å². The van der Waals surface area contributed by atoms with Crippen LogP contribution in [0.2, 0.25) is 0 Å². The van der Waals surface area contributed by atoms with Crippen molar-refractivity contribution < 1.29 is 0 Å². The van der Waals surface area contributed by atoms with Gasteiger partial charge in [0.05, 0.1) is 11.8 Å². The zero-order chi connectivity index (χ0) is 13.5. The van der Waals surface area contributed by atoms with E-state index in [0.717, 1.165) is 16.6 Å². The van der Waals surface area contributed by atoms with Crippen molar-refractivity contribution in [2.45, 2.75) is 0 Å². The fourth-order valence-corrected chi connectivity index (χ4v) is 2.11. The standard InChI is InChI=1S/C12H10N8/c1-13-12-16-10-9(14-6-15-10)11(17-12)20-8-5-3-2-4-7(8)18-19-20/h2-6H,1H3,(H2,13,14,15,16,17). The Labute approximate surface area is 112 Å². The molecule has 98 valence electrons. The highest BCUT2D eigenvalue weighted by molar-refractivity contribution is 5.83. The molecule has 0 amide bonds. The largest absolute Gasteiger partial charge is 0.357 e. The minimum atomic E-state index is 0.485. The van der Waals surface area contributed by atoms with E-state index in [1.165, 1.54) is 0 Å². The molecule has 0 aliphatic rings. The third-order valence-electron chi connectivity index (χ3n) is 3.04. The number of H-pyrrole nitrogens is 1. The van der Waals surface area contributed by atoms with Crippen molar-refractivity contribution in [1.82, 2.24) is 34.9 Å². The molecule has 0 saturated carbocycles. The Bertz CT molecular complexity index is 906. The summed E-state index contributed by atoms with van der Waals surface area (Å²) >= 11 is 0. The molecule has 0 bridgehead atoms. The van der Waals surface area contributed by atoms with Gasteiger partial charge in [-0.3, -0.25) is 0 Å². The van der Waals surface area contributed by atoms with E-state index in [4.69, 9.17) is 0 Å². The van der Waals surface area contributed by atoms with Gasteiger partial charge in [-0.15, -0.1) is 5.10 Å². The molecule has 3 aromatic heterocycles. The first-order valence-corrected chi connectivity index (χ1v) is 6.06. The number of para-hydroxylation sites is 1. The number of benzene rings is 1. The maximum atomic E-state index is 4.45. The van der Waals surface area contributed by atoms with Gasteiger partial charge in [-0.2, -0.15) is 14.6 Å². The van der Waals surface area contributed by atoms with Crippen molar-refractivity contribution in [2.75, 3.05) is 12.4 Å². The Hall–Kier alpha value is -3.03. The number of imidazole rings is 1. The number of nitrogens with one attached hydrogen (secondary N) is 2. The molecule has 0 spiro atoms. The molecule has 0 saturated heterocycles. The molecule has 3 heterocycles. The smallest absolute Gasteiger partial charge is 0.226 e. The third-order valence-corrected chi connectivity index (χ3v) is 3.04. The van der Waals surface area contributed by atoms with Gasteiger partial charge in [-0.25, -0.2) is 4.98 Å². The first-order valence-electron chi connectivity index (χ1n) is 6.06. The van der Waals surface area contributed by atoms with Crippen molar-refractivity contribution in [2.24, 2.45) is 0 Å². The van der Waals surface area contributed by atoms with E-state index >= 15 is 0 Å². The van der Waals surface area contributed by atoms with Gasteiger partial charge < -0.3 is 10.3 Å². The highest BCUT2D eigenvalue weighted by Gasteiger charge is 2.14. The molecule has 1 aromatic carbocycles. The van der Waals surface area contributed by atoms with E-state index in [1.54, 1.807) is 18.1 Å². The van der Waals surface area contributed by atoms with Crippen LogP contribution in [0.3, 0.4) is 0 Å². The Morgan fingerprint density at radius 1 is 1.20 bits per heavy atom. The predicted molar refractivity (Wildman–Crippen MR) is 73.7 cm³/mol. The first kappa shape index (κ1) is 10.9. The summed E-state index contributed by atoms with van der Waals surface area (Å²) in [6.45, 7) is 0. The fourth-order valence-electron chi connectivity index (χ4n) is 2.11. The van der Waals surface area contributed by atoms with Gasteiger partial charge in [0, 0.05) is 7.05 Å². The number of aromatic amines is 1. The molecule has 8 heteroatoms. The van der Waals surface area contributed by atoms with Crippen LogP contribution in [-0.2, 0) is 0 Å². The summed E-state index contributed by atoms with van der Waals surface area (Å²) in [5.74, 6) is 1.10. The summed E-state index contributed by atoms with van der Waals surface area (Å²) in [5.41, 5.74) is 2.99. The van der Waals surface area contributed by atoms with Gasteiger partial charge in [0.15, 0.2) is 11.5 Å². The maximum absolute atomic E-state index is 4.45. The summed E-state index contributed by atoms with van der Waals surface area (Å²) in [4.78, 5) is 15.9. The lowest BCUT2D eigenvalue weighted by molar-refractivity contribution is 0.804. The van der Waals surface area contributed by atoms with Crippen LogP contribution in [0.1, 0.15) is 0 Å². The van der Waals surface area contributed by atoms with Crippen molar-refractivity contribution in [3.63, 3.8) is 0 Å². The Kier molecular flexibility index (Phi) is 2.16. The number of anilines is 1. The van der Waals surface area contributed by atoms with Crippen LogP contribution in [-0.4, -0.2) is 42.0 Å². The third kappa shape index (κ3) is 1.44. The Morgan fingerprint density at radius 3 is 3.00 bits per heavy atom. The van der Waals surface area contributed by atoms with E-state index in [1.807, 2.05) is 24.3 Å². The number of aromatic nitrogens is 7. The molecular formula is C12H10N8. The average molecular weight is 266 g/mol. The van der Waals surface area contributed by atoms with Crippen LogP contribution in [0.4, 0.5) is 5.95 Å². The predicted octanol–water partition coefficient (Wildman–Crippen LogP) is 1.13. The minimum absolute atomic E-state index is 0.485. The lowest BCUT2D eigenvalue weighted by Gasteiger charge is -2.05. The molecule has 4 aromatic rings. The second kappa shape index (κ2) is 3.98. The van der Waals surface area contributed by atoms with Crippen LogP contribution < -0.4 is 5.32 Å². The summed E-state index contributed by atoms with van der Waals surface area (Å²) in [6.07, 6.45) is 1.58. The van der Waals surface area contributed by atoms with Crippen LogP contribution >= 0.6 is 0 Å². The number of nitrogens with zero attached hydrogens (tertiary/aromatic N) is 6. The number of rotatable bonds is 2. The van der Waals surface area contributed by atoms with Crippen molar-refractivity contribution in [3.05, 3.63) is 30.6 Å². The molecule has 0 unspecified atom stereocenters. The Balaban J connectivity index is 2.08. The number of hydrogen-bond acceptors (Lipinski definition) is 6. The van der Waals surface area contributed by atoms with Crippen LogP contribution in [0.5, 0.6) is 0 Å². The summed E-state index contributed by atoms with van der Waals surface area (Å²) in [5, 5.41) is 11.2. The van der Waals surface area contributed by atoms with Crippen LogP contribution in [0.25, 0.3) is 28.0 Å². The summed E-state index contributed by atoms with van der Waals surface area (Å²) < 4.78 is 1.68. The molecule has 0 fully saturated rings. The molecular weight excluding hydrogens is 256 g/mol. The minimum Gasteiger partial charge on any atom is -0.357 e. The van der Waals surface area contributed by atoms with Gasteiger partial charge >= 0.3 is 0 Å². The SMILES string of the molecule is CNc1nc(-n2nnc3ccccc32)c2[nH]cnc2n1. The molecule has 4 rings (SSSR count). The molecule has 0 aliphatic heterocycles. The van der Waals surface area contributed by atoms with Gasteiger partial charge in [0.2, 0.25) is 5.95 Å². The first-order chi connectivity index (χ1) is 9.86. The highest BCUT2D eigenvalue weighted by atomic mass is 15.5. The van der Waals surface area contributed by atoms with E-state index in [-0.39, 0.29) is 0 Å². The number of fused-ring (bicyclic) bond motifs is 2. The highest BCUT2D eigenvalue weighted by Crippen LogP contribution is 2.20. The van der Waals surface area contributed by atoms with Crippen LogP contribution in [0.15, 0.2) is 30.6 Å². The molecule has 0 atom stereocenters. The number of hydrogen-bond donors (Lipinski definition) is 2. The van der Waals surface area contributed by atoms with E-state index < -0.39 is 0 Å². The van der Waals surface area contributed by atoms with E-state index in [0.29, 0.717) is 17.4 Å². The lowest BCUT2D eigenvalue weighted by atomic mass is 10.3. The molecule has 0 aliphatic carbocycles. The van der Waals surface area contributed by atoms with E-state index in [2.05, 4.69) is 35.6 Å². The van der Waals surface area contributed by atoms with E-state index in [9.17, 15) is 0 Å². The Morgan fingerprint density at radius 2 is 2.10 bits per heavy atom. The van der Waals surface area contributed by atoms with Gasteiger partial charge in [-0.05, 0) is 12.1 Å². The lowest BCUT2D eigenvalue weighted by Crippen LogP contribution is -2.05. The molecule has 0 radical (unpaired) electrons. The zero-order valence-corrected chi connectivity index (χ0v) is 10.6. The fraction of sp³-hybridized carbons (Fsp3) is 0.0833. The second-order valence-corrected chi connectivity index (χ2v) is 4.21. The van der Waals surface area contributed by atoms with Gasteiger partial charge in [0.25, 0.3) is 0 Å². The summed E-state index contributed by atoms with van der Waals surface area (Å²) in [6, 6.07) is 7.71. The molecule has 8 nitrogen and oxygen atoms in total. The zero-order valence-electron chi connectivity index (χ0n) is 10.6. The van der Waals surface area contributed by atoms with Crippen LogP contribution in [0, 0.1) is 0 Å². The molecule has 20 heavy (non-hydrogen) atoms. The normalized spacial score (nSPS) is 11.2. The monoisotopic (exact) mass is 266 g/mol. The molecule has 2 N–H and O–H groups in total. The average Bonchev–Trinajstić information content (AvgIpc) is 3.12. The quantitative estimate of drug-likeness (QED) is 0.564. The topological polar surface area (TPSA) is 97.2 Å². The van der Waals surface area contributed by atoms with Crippen molar-refractivity contribution >= 4 is 28.1 Å². The summed E-state index contributed by atoms with van der Waals surface area (Å²) in [7, 11) is 1.76. The maximum Gasteiger partial charge on any atom is 0.226 e. The van der Waals surface area contributed by atoms with Crippen molar-refractivity contribution in [1.29, 1.82) is 0 Å².